The van der Waals surface area contributed by atoms with Crippen LogP contribution in [0.3, 0.4) is 0 Å². The molecule has 1 atom stereocenters. The van der Waals surface area contributed by atoms with Crippen LogP contribution in [0, 0.1) is 5.92 Å². The lowest BCUT2D eigenvalue weighted by molar-refractivity contribution is 0.0944. The molecule has 1 fully saturated rings. The lowest BCUT2D eigenvalue weighted by Gasteiger charge is -2.30. The molecule has 3 rings (SSSR count). The molecule has 3 heteroatoms. The summed E-state index contributed by atoms with van der Waals surface area (Å²) in [5.41, 5.74) is 2.49. The van der Waals surface area contributed by atoms with Crippen molar-refractivity contribution in [2.24, 2.45) is 5.92 Å². The van der Waals surface area contributed by atoms with Crippen LogP contribution in [-0.2, 0) is 13.1 Å². The van der Waals surface area contributed by atoms with E-state index < -0.39 is 0 Å². The lowest BCUT2D eigenvalue weighted by atomic mass is 10.1. The molecule has 1 unspecified atom stereocenters. The van der Waals surface area contributed by atoms with Gasteiger partial charge in [-0.3, -0.25) is 9.88 Å². The molecule has 0 amide bonds. The number of benzene rings is 1. The predicted octanol–water partition coefficient (Wildman–Crippen LogP) is 2.85. The van der Waals surface area contributed by atoms with Gasteiger partial charge in [0, 0.05) is 31.5 Å². The number of hydrogen-bond acceptors (Lipinski definition) is 3. The maximum absolute atomic E-state index is 9.81. The van der Waals surface area contributed by atoms with Gasteiger partial charge in [-0.25, -0.2) is 0 Å². The van der Waals surface area contributed by atoms with Crippen molar-refractivity contribution in [1.29, 1.82) is 0 Å². The van der Waals surface area contributed by atoms with Crippen molar-refractivity contribution in [3.8, 4) is 0 Å². The molecule has 0 radical (unpaired) electrons. The van der Waals surface area contributed by atoms with Gasteiger partial charge in [-0.1, -0.05) is 36.4 Å². The second-order valence-corrected chi connectivity index (χ2v) is 5.84. The second kappa shape index (κ2) is 6.83. The van der Waals surface area contributed by atoms with E-state index in [0.29, 0.717) is 5.92 Å². The van der Waals surface area contributed by atoms with Crippen LogP contribution in [0.25, 0.3) is 0 Å². The minimum atomic E-state index is 0.234. The Kier molecular flexibility index (Phi) is 4.63. The SMILES string of the molecule is OCC(C1CC1)N(Cc1ccccc1)Cc1cccnc1. The molecule has 1 heterocycles. The maximum Gasteiger partial charge on any atom is 0.0589 e. The van der Waals surface area contributed by atoms with Crippen LogP contribution in [0.15, 0.2) is 54.9 Å². The van der Waals surface area contributed by atoms with E-state index in [4.69, 9.17) is 0 Å². The molecule has 1 aliphatic carbocycles. The maximum atomic E-state index is 9.81. The first-order chi connectivity index (χ1) is 10.4. The Morgan fingerprint density at radius 1 is 1.05 bits per heavy atom. The van der Waals surface area contributed by atoms with Gasteiger partial charge < -0.3 is 5.11 Å². The fourth-order valence-electron chi connectivity index (χ4n) is 2.88. The molecule has 2 aromatic rings. The van der Waals surface area contributed by atoms with Crippen molar-refractivity contribution >= 4 is 0 Å². The highest BCUT2D eigenvalue weighted by Gasteiger charge is 2.34. The van der Waals surface area contributed by atoms with Gasteiger partial charge >= 0.3 is 0 Å². The Bertz CT molecular complexity index is 498. The number of pyridine rings is 1. The minimum Gasteiger partial charge on any atom is -0.395 e. The molecule has 3 nitrogen and oxygen atoms in total. The van der Waals surface area contributed by atoms with Gasteiger partial charge in [-0.2, -0.15) is 0 Å². The van der Waals surface area contributed by atoms with Gasteiger partial charge in [0.05, 0.1) is 6.61 Å². The average molecular weight is 282 g/mol. The molecule has 1 aromatic heterocycles. The Hall–Kier alpha value is -1.71. The van der Waals surface area contributed by atoms with E-state index in [1.807, 2.05) is 18.3 Å². The van der Waals surface area contributed by atoms with Crippen LogP contribution in [0.1, 0.15) is 24.0 Å². The van der Waals surface area contributed by atoms with Crippen molar-refractivity contribution < 1.29 is 5.11 Å². The monoisotopic (exact) mass is 282 g/mol. The molecule has 0 saturated heterocycles. The third-order valence-corrected chi connectivity index (χ3v) is 4.16. The number of rotatable bonds is 7. The molecule has 1 aliphatic rings. The minimum absolute atomic E-state index is 0.234. The smallest absolute Gasteiger partial charge is 0.0589 e. The van der Waals surface area contributed by atoms with Crippen LogP contribution in [0.4, 0.5) is 0 Å². The third-order valence-electron chi connectivity index (χ3n) is 4.16. The van der Waals surface area contributed by atoms with Crippen LogP contribution >= 0.6 is 0 Å². The molecule has 1 saturated carbocycles. The Morgan fingerprint density at radius 2 is 1.76 bits per heavy atom. The van der Waals surface area contributed by atoms with Crippen LogP contribution in [0.2, 0.25) is 0 Å². The van der Waals surface area contributed by atoms with Gasteiger partial charge in [0.15, 0.2) is 0 Å². The zero-order valence-electron chi connectivity index (χ0n) is 12.2. The fraction of sp³-hybridized carbons (Fsp3) is 0.389. The van der Waals surface area contributed by atoms with E-state index in [2.05, 4.69) is 40.2 Å². The highest BCUT2D eigenvalue weighted by Crippen LogP contribution is 2.36. The van der Waals surface area contributed by atoms with E-state index in [1.165, 1.54) is 24.0 Å². The summed E-state index contributed by atoms with van der Waals surface area (Å²) in [7, 11) is 0. The van der Waals surface area contributed by atoms with Crippen molar-refractivity contribution in [1.82, 2.24) is 9.88 Å². The van der Waals surface area contributed by atoms with Gasteiger partial charge in [-0.15, -0.1) is 0 Å². The molecular weight excluding hydrogens is 260 g/mol. The topological polar surface area (TPSA) is 36.4 Å². The summed E-state index contributed by atoms with van der Waals surface area (Å²) >= 11 is 0. The molecule has 0 aliphatic heterocycles. The van der Waals surface area contributed by atoms with Crippen molar-refractivity contribution in [3.63, 3.8) is 0 Å². The number of aromatic nitrogens is 1. The van der Waals surface area contributed by atoms with Gasteiger partial charge in [0.1, 0.15) is 0 Å². The normalized spacial score (nSPS) is 16.1. The second-order valence-electron chi connectivity index (χ2n) is 5.84. The van der Waals surface area contributed by atoms with E-state index >= 15 is 0 Å². The Labute approximate surface area is 126 Å². The number of aliphatic hydroxyl groups is 1. The first-order valence-corrected chi connectivity index (χ1v) is 7.64. The molecule has 0 spiro atoms. The summed E-state index contributed by atoms with van der Waals surface area (Å²) in [5, 5.41) is 9.81. The fourth-order valence-corrected chi connectivity index (χ4v) is 2.88. The summed E-state index contributed by atoms with van der Waals surface area (Å²) in [6.45, 7) is 1.94. The summed E-state index contributed by atoms with van der Waals surface area (Å²) < 4.78 is 0. The Balaban J connectivity index is 1.76. The zero-order valence-corrected chi connectivity index (χ0v) is 12.2. The van der Waals surface area contributed by atoms with E-state index in [-0.39, 0.29) is 12.6 Å². The molecule has 0 bridgehead atoms. The number of hydrogen-bond donors (Lipinski definition) is 1. The molecule has 1 N–H and O–H groups in total. The molecule has 110 valence electrons. The van der Waals surface area contributed by atoms with E-state index in [0.717, 1.165) is 13.1 Å². The molecular formula is C18H22N2O. The van der Waals surface area contributed by atoms with Crippen molar-refractivity contribution in [2.75, 3.05) is 6.61 Å². The van der Waals surface area contributed by atoms with Gasteiger partial charge in [-0.05, 0) is 36.0 Å². The van der Waals surface area contributed by atoms with E-state index in [1.54, 1.807) is 6.20 Å². The third kappa shape index (κ3) is 3.90. The first kappa shape index (κ1) is 14.2. The summed E-state index contributed by atoms with van der Waals surface area (Å²) in [6.07, 6.45) is 6.20. The average Bonchev–Trinajstić information content (AvgIpc) is 3.35. The number of aliphatic hydroxyl groups excluding tert-OH is 1. The standard InChI is InChI=1S/C18H22N2O/c21-14-18(17-8-9-17)20(12-15-5-2-1-3-6-15)13-16-7-4-10-19-11-16/h1-7,10-11,17-18,21H,8-9,12-14H2. The Morgan fingerprint density at radius 3 is 2.38 bits per heavy atom. The van der Waals surface area contributed by atoms with Crippen LogP contribution in [-0.4, -0.2) is 27.6 Å². The highest BCUT2D eigenvalue weighted by molar-refractivity contribution is 5.16. The highest BCUT2D eigenvalue weighted by atomic mass is 16.3. The summed E-state index contributed by atoms with van der Waals surface area (Å²) in [5.74, 6) is 0.649. The zero-order chi connectivity index (χ0) is 14.5. The lowest BCUT2D eigenvalue weighted by Crippen LogP contribution is -2.38. The van der Waals surface area contributed by atoms with Crippen molar-refractivity contribution in [3.05, 3.63) is 66.0 Å². The largest absolute Gasteiger partial charge is 0.395 e. The summed E-state index contributed by atoms with van der Waals surface area (Å²) in [6, 6.07) is 14.8. The van der Waals surface area contributed by atoms with Crippen molar-refractivity contribution in [2.45, 2.75) is 32.0 Å². The van der Waals surface area contributed by atoms with Gasteiger partial charge in [0.25, 0.3) is 0 Å². The number of nitrogens with zero attached hydrogens (tertiary/aromatic N) is 2. The van der Waals surface area contributed by atoms with Crippen LogP contribution in [0.5, 0.6) is 0 Å². The van der Waals surface area contributed by atoms with Crippen LogP contribution < -0.4 is 0 Å². The summed E-state index contributed by atoms with van der Waals surface area (Å²) in [4.78, 5) is 6.59. The van der Waals surface area contributed by atoms with E-state index in [9.17, 15) is 5.11 Å². The van der Waals surface area contributed by atoms with Gasteiger partial charge in [0.2, 0.25) is 0 Å². The molecule has 1 aromatic carbocycles. The first-order valence-electron chi connectivity index (χ1n) is 7.64. The quantitative estimate of drug-likeness (QED) is 0.848. The molecule has 21 heavy (non-hydrogen) atoms. The predicted molar refractivity (Wildman–Crippen MR) is 83.5 cm³/mol.